The van der Waals surface area contributed by atoms with Crippen molar-refractivity contribution < 1.29 is 0 Å². The number of hydrogen-bond acceptors (Lipinski definition) is 4. The van der Waals surface area contributed by atoms with Crippen LogP contribution in [0.4, 0.5) is 17.3 Å². The van der Waals surface area contributed by atoms with Crippen LogP contribution < -0.4 is 10.6 Å². The zero-order valence-electron chi connectivity index (χ0n) is 11.0. The van der Waals surface area contributed by atoms with Crippen molar-refractivity contribution in [3.05, 3.63) is 41.7 Å². The van der Waals surface area contributed by atoms with E-state index >= 15 is 0 Å². The molecule has 0 atom stereocenters. The van der Waals surface area contributed by atoms with Crippen LogP contribution in [0.1, 0.15) is 18.3 Å². The standard InChI is InChI=1S/C14H18N4/c1-4-12-16-13(15)10(2)14(17-12)18(3)11-8-6-5-7-9-11/h5-9H,4H2,1-3H3,(H2,15,16,17). The molecule has 1 aromatic heterocycles. The number of nitrogens with two attached hydrogens (primary N) is 1. The second kappa shape index (κ2) is 5.04. The first-order valence-corrected chi connectivity index (χ1v) is 6.05. The zero-order chi connectivity index (χ0) is 13.1. The number of aromatic nitrogens is 2. The number of nitrogens with zero attached hydrogens (tertiary/aromatic N) is 3. The Kier molecular flexibility index (Phi) is 3.46. The molecule has 0 bridgehead atoms. The van der Waals surface area contributed by atoms with Crippen LogP contribution in [0.5, 0.6) is 0 Å². The maximum absolute atomic E-state index is 5.94. The average molecular weight is 242 g/mol. The molecular formula is C14H18N4. The van der Waals surface area contributed by atoms with E-state index in [2.05, 4.69) is 9.97 Å². The average Bonchev–Trinajstić information content (AvgIpc) is 2.42. The lowest BCUT2D eigenvalue weighted by Gasteiger charge is -2.21. The van der Waals surface area contributed by atoms with Gasteiger partial charge in [0.05, 0.1) is 0 Å². The Morgan fingerprint density at radius 2 is 1.83 bits per heavy atom. The van der Waals surface area contributed by atoms with Crippen LogP contribution in [0.25, 0.3) is 0 Å². The minimum Gasteiger partial charge on any atom is -0.383 e. The van der Waals surface area contributed by atoms with E-state index in [1.165, 1.54) is 0 Å². The van der Waals surface area contributed by atoms with E-state index in [0.717, 1.165) is 29.3 Å². The van der Waals surface area contributed by atoms with E-state index < -0.39 is 0 Å². The van der Waals surface area contributed by atoms with Gasteiger partial charge in [-0.05, 0) is 19.1 Å². The summed E-state index contributed by atoms with van der Waals surface area (Å²) in [4.78, 5) is 10.9. The second-order valence-corrected chi connectivity index (χ2v) is 4.22. The fourth-order valence-corrected chi connectivity index (χ4v) is 1.83. The number of aryl methyl sites for hydroxylation is 1. The molecule has 2 rings (SSSR count). The van der Waals surface area contributed by atoms with Crippen LogP contribution >= 0.6 is 0 Å². The van der Waals surface area contributed by atoms with E-state index in [4.69, 9.17) is 5.73 Å². The molecule has 0 radical (unpaired) electrons. The van der Waals surface area contributed by atoms with E-state index in [9.17, 15) is 0 Å². The largest absolute Gasteiger partial charge is 0.383 e. The quantitative estimate of drug-likeness (QED) is 0.899. The van der Waals surface area contributed by atoms with Crippen molar-refractivity contribution in [3.63, 3.8) is 0 Å². The lowest BCUT2D eigenvalue weighted by molar-refractivity contribution is 0.921. The molecule has 2 N–H and O–H groups in total. The Labute approximate surface area is 107 Å². The summed E-state index contributed by atoms with van der Waals surface area (Å²) in [5, 5.41) is 0. The Bertz CT molecular complexity index is 537. The molecular weight excluding hydrogens is 224 g/mol. The summed E-state index contributed by atoms with van der Waals surface area (Å²) in [6.45, 7) is 3.97. The molecule has 0 spiro atoms. The van der Waals surface area contributed by atoms with E-state index in [0.29, 0.717) is 5.82 Å². The molecule has 1 heterocycles. The first-order chi connectivity index (χ1) is 8.63. The lowest BCUT2D eigenvalue weighted by atomic mass is 10.2. The highest BCUT2D eigenvalue weighted by Gasteiger charge is 2.13. The van der Waals surface area contributed by atoms with Crippen LogP contribution in [-0.4, -0.2) is 17.0 Å². The molecule has 1 aromatic carbocycles. The molecule has 4 nitrogen and oxygen atoms in total. The number of anilines is 3. The highest BCUT2D eigenvalue weighted by atomic mass is 15.2. The molecule has 0 aliphatic heterocycles. The SMILES string of the molecule is CCc1nc(N)c(C)c(N(C)c2ccccc2)n1. The second-order valence-electron chi connectivity index (χ2n) is 4.22. The topological polar surface area (TPSA) is 55.0 Å². The third-order valence-corrected chi connectivity index (χ3v) is 2.98. The third-order valence-electron chi connectivity index (χ3n) is 2.98. The highest BCUT2D eigenvalue weighted by molar-refractivity contribution is 5.65. The van der Waals surface area contributed by atoms with Gasteiger partial charge >= 0.3 is 0 Å². The van der Waals surface area contributed by atoms with Crippen molar-refractivity contribution in [2.45, 2.75) is 20.3 Å². The molecule has 0 saturated heterocycles. The number of para-hydroxylation sites is 1. The van der Waals surface area contributed by atoms with Crippen molar-refractivity contribution in [1.29, 1.82) is 0 Å². The molecule has 18 heavy (non-hydrogen) atoms. The maximum atomic E-state index is 5.94. The first kappa shape index (κ1) is 12.4. The summed E-state index contributed by atoms with van der Waals surface area (Å²) in [6.07, 6.45) is 0.778. The number of nitrogen functional groups attached to an aromatic ring is 1. The van der Waals surface area contributed by atoms with Gasteiger partial charge in [-0.2, -0.15) is 0 Å². The van der Waals surface area contributed by atoms with Crippen molar-refractivity contribution in [2.75, 3.05) is 17.7 Å². The normalized spacial score (nSPS) is 10.4. The van der Waals surface area contributed by atoms with Crippen LogP contribution in [0.15, 0.2) is 30.3 Å². The van der Waals surface area contributed by atoms with Crippen LogP contribution in [-0.2, 0) is 6.42 Å². The van der Waals surface area contributed by atoms with Gasteiger partial charge in [0.2, 0.25) is 0 Å². The molecule has 4 heteroatoms. The summed E-state index contributed by atoms with van der Waals surface area (Å²) in [5.74, 6) is 2.20. The maximum Gasteiger partial charge on any atom is 0.141 e. The van der Waals surface area contributed by atoms with Crippen molar-refractivity contribution in [3.8, 4) is 0 Å². The molecule has 0 aliphatic carbocycles. The number of hydrogen-bond donors (Lipinski definition) is 1. The molecule has 2 aromatic rings. The Balaban J connectivity index is 2.47. The van der Waals surface area contributed by atoms with Gasteiger partial charge in [-0.25, -0.2) is 9.97 Å². The third kappa shape index (κ3) is 2.27. The summed E-state index contributed by atoms with van der Waals surface area (Å²) in [5.41, 5.74) is 7.93. The minimum absolute atomic E-state index is 0.555. The van der Waals surface area contributed by atoms with Gasteiger partial charge in [-0.1, -0.05) is 25.1 Å². The van der Waals surface area contributed by atoms with Gasteiger partial charge < -0.3 is 10.6 Å². The molecule has 0 aliphatic rings. The summed E-state index contributed by atoms with van der Waals surface area (Å²) < 4.78 is 0. The van der Waals surface area contributed by atoms with E-state index in [-0.39, 0.29) is 0 Å². The highest BCUT2D eigenvalue weighted by Crippen LogP contribution is 2.26. The van der Waals surface area contributed by atoms with Gasteiger partial charge in [0.15, 0.2) is 0 Å². The summed E-state index contributed by atoms with van der Waals surface area (Å²) in [6, 6.07) is 10.1. The van der Waals surface area contributed by atoms with Crippen LogP contribution in [0.2, 0.25) is 0 Å². The lowest BCUT2D eigenvalue weighted by Crippen LogP contribution is -2.16. The summed E-state index contributed by atoms with van der Waals surface area (Å²) in [7, 11) is 1.99. The van der Waals surface area contributed by atoms with Crippen molar-refractivity contribution in [2.24, 2.45) is 0 Å². The first-order valence-electron chi connectivity index (χ1n) is 6.05. The van der Waals surface area contributed by atoms with Crippen LogP contribution in [0, 0.1) is 6.92 Å². The smallest absolute Gasteiger partial charge is 0.141 e. The molecule has 0 unspecified atom stereocenters. The molecule has 0 saturated carbocycles. The molecule has 94 valence electrons. The molecule has 0 amide bonds. The Morgan fingerprint density at radius 1 is 1.17 bits per heavy atom. The summed E-state index contributed by atoms with van der Waals surface area (Å²) >= 11 is 0. The van der Waals surface area contributed by atoms with E-state index in [1.54, 1.807) is 0 Å². The minimum atomic E-state index is 0.555. The van der Waals surface area contributed by atoms with Gasteiger partial charge in [-0.15, -0.1) is 0 Å². The predicted octanol–water partition coefficient (Wildman–Crippen LogP) is 2.70. The predicted molar refractivity (Wildman–Crippen MR) is 75.1 cm³/mol. The van der Waals surface area contributed by atoms with Crippen LogP contribution in [0.3, 0.4) is 0 Å². The Hall–Kier alpha value is -2.10. The van der Waals surface area contributed by atoms with Gasteiger partial charge in [0.25, 0.3) is 0 Å². The Morgan fingerprint density at radius 3 is 2.44 bits per heavy atom. The number of rotatable bonds is 3. The fourth-order valence-electron chi connectivity index (χ4n) is 1.83. The van der Waals surface area contributed by atoms with Crippen molar-refractivity contribution in [1.82, 2.24) is 9.97 Å². The fraction of sp³-hybridized carbons (Fsp3) is 0.286. The zero-order valence-corrected chi connectivity index (χ0v) is 11.0. The van der Waals surface area contributed by atoms with Gasteiger partial charge in [-0.3, -0.25) is 0 Å². The number of benzene rings is 1. The van der Waals surface area contributed by atoms with E-state index in [1.807, 2.05) is 56.1 Å². The van der Waals surface area contributed by atoms with Gasteiger partial charge in [0.1, 0.15) is 17.5 Å². The van der Waals surface area contributed by atoms with Gasteiger partial charge in [0, 0.05) is 24.7 Å². The monoisotopic (exact) mass is 242 g/mol. The molecule has 0 fully saturated rings. The van der Waals surface area contributed by atoms with Crippen molar-refractivity contribution >= 4 is 17.3 Å².